The van der Waals surface area contributed by atoms with Gasteiger partial charge in [0.05, 0.1) is 11.7 Å². The Kier molecular flexibility index (Phi) is 3.82. The van der Waals surface area contributed by atoms with Crippen LogP contribution in [-0.2, 0) is 0 Å². The summed E-state index contributed by atoms with van der Waals surface area (Å²) in [6, 6.07) is 21.2. The molecule has 2 aromatic heterocycles. The van der Waals surface area contributed by atoms with Crippen LogP contribution in [0.5, 0.6) is 0 Å². The van der Waals surface area contributed by atoms with Crippen LogP contribution >= 0.6 is 11.8 Å². The summed E-state index contributed by atoms with van der Waals surface area (Å²) in [5.74, 6) is 0. The molecule has 3 aromatic rings. The Labute approximate surface area is 157 Å². The molecule has 5 heteroatoms. The first-order chi connectivity index (χ1) is 12.8. The van der Waals surface area contributed by atoms with E-state index in [1.54, 1.807) is 0 Å². The summed E-state index contributed by atoms with van der Waals surface area (Å²) in [5.41, 5.74) is 3.48. The van der Waals surface area contributed by atoms with Gasteiger partial charge in [0.2, 0.25) is 0 Å². The standard InChI is InChI=1S/C21H20N4S/c1-15-14-25-20(18-11-7-13-24(18)16-8-3-2-4-9-16)19(23-21(25)26-15)17-10-5-6-12-22-17/h2-13,15,19-20H,14H2,1H3/t15-,19-,20+/m1/s1. The fourth-order valence-corrected chi connectivity index (χ4v) is 4.99. The maximum Gasteiger partial charge on any atom is 0.160 e. The van der Waals surface area contributed by atoms with Gasteiger partial charge in [-0.3, -0.25) is 9.98 Å². The number of hydrogen-bond acceptors (Lipinski definition) is 4. The van der Waals surface area contributed by atoms with E-state index < -0.39 is 0 Å². The predicted molar refractivity (Wildman–Crippen MR) is 107 cm³/mol. The largest absolute Gasteiger partial charge is 0.339 e. The van der Waals surface area contributed by atoms with Crippen LogP contribution in [0, 0.1) is 0 Å². The first-order valence-corrected chi connectivity index (χ1v) is 9.84. The second kappa shape index (κ2) is 6.32. The molecule has 0 radical (unpaired) electrons. The van der Waals surface area contributed by atoms with Crippen molar-refractivity contribution >= 4 is 16.9 Å². The molecule has 1 fully saturated rings. The van der Waals surface area contributed by atoms with Crippen LogP contribution in [0.1, 0.15) is 30.4 Å². The van der Waals surface area contributed by atoms with Gasteiger partial charge in [-0.2, -0.15) is 0 Å². The number of amidine groups is 1. The fraction of sp³-hybridized carbons (Fsp3) is 0.238. The highest BCUT2D eigenvalue weighted by Crippen LogP contribution is 2.47. The van der Waals surface area contributed by atoms with E-state index in [-0.39, 0.29) is 12.1 Å². The van der Waals surface area contributed by atoms with E-state index in [1.165, 1.54) is 11.4 Å². The first-order valence-electron chi connectivity index (χ1n) is 8.96. The van der Waals surface area contributed by atoms with Gasteiger partial charge in [0.15, 0.2) is 5.17 Å². The lowest BCUT2D eigenvalue weighted by molar-refractivity contribution is 0.312. The predicted octanol–water partition coefficient (Wildman–Crippen LogP) is 4.46. The van der Waals surface area contributed by atoms with Crippen molar-refractivity contribution in [3.8, 4) is 5.69 Å². The number of aliphatic imine (C=N–C) groups is 1. The fourth-order valence-electron chi connectivity index (χ4n) is 3.90. The maximum absolute atomic E-state index is 5.07. The molecule has 2 aliphatic rings. The highest BCUT2D eigenvalue weighted by molar-refractivity contribution is 8.14. The van der Waals surface area contributed by atoms with Crippen molar-refractivity contribution in [2.24, 2.45) is 4.99 Å². The van der Waals surface area contributed by atoms with Gasteiger partial charge in [-0.25, -0.2) is 0 Å². The molecule has 0 amide bonds. The molecule has 0 unspecified atom stereocenters. The average Bonchev–Trinajstić information content (AvgIpc) is 3.37. The quantitative estimate of drug-likeness (QED) is 0.691. The van der Waals surface area contributed by atoms with Gasteiger partial charge in [-0.1, -0.05) is 43.0 Å². The lowest BCUT2D eigenvalue weighted by Crippen LogP contribution is -2.30. The van der Waals surface area contributed by atoms with Gasteiger partial charge in [-0.05, 0) is 36.4 Å². The number of nitrogens with zero attached hydrogens (tertiary/aromatic N) is 4. The molecule has 3 atom stereocenters. The summed E-state index contributed by atoms with van der Waals surface area (Å²) in [6.07, 6.45) is 4.01. The van der Waals surface area contributed by atoms with E-state index in [0.29, 0.717) is 5.25 Å². The molecular formula is C21H20N4S. The van der Waals surface area contributed by atoms with Crippen LogP contribution in [0.2, 0.25) is 0 Å². The number of fused-ring (bicyclic) bond motifs is 1. The zero-order chi connectivity index (χ0) is 17.5. The van der Waals surface area contributed by atoms with Crippen molar-refractivity contribution in [3.05, 3.63) is 84.4 Å². The molecule has 130 valence electrons. The lowest BCUT2D eigenvalue weighted by atomic mass is 10.0. The van der Waals surface area contributed by atoms with Crippen molar-refractivity contribution < 1.29 is 0 Å². The molecule has 1 saturated heterocycles. The van der Waals surface area contributed by atoms with Gasteiger partial charge >= 0.3 is 0 Å². The molecule has 4 nitrogen and oxygen atoms in total. The number of aromatic nitrogens is 2. The van der Waals surface area contributed by atoms with Crippen LogP contribution in [0.4, 0.5) is 0 Å². The highest BCUT2D eigenvalue weighted by atomic mass is 32.2. The molecule has 4 heterocycles. The van der Waals surface area contributed by atoms with Crippen molar-refractivity contribution in [2.45, 2.75) is 24.3 Å². The average molecular weight is 360 g/mol. The third kappa shape index (κ3) is 2.54. The van der Waals surface area contributed by atoms with Crippen molar-refractivity contribution in [1.29, 1.82) is 0 Å². The van der Waals surface area contributed by atoms with E-state index in [2.05, 4.69) is 82.2 Å². The summed E-state index contributed by atoms with van der Waals surface area (Å²) < 4.78 is 2.28. The summed E-state index contributed by atoms with van der Waals surface area (Å²) >= 11 is 1.88. The topological polar surface area (TPSA) is 33.4 Å². The first kappa shape index (κ1) is 15.7. The second-order valence-electron chi connectivity index (χ2n) is 6.78. The van der Waals surface area contributed by atoms with E-state index in [9.17, 15) is 0 Å². The second-order valence-corrected chi connectivity index (χ2v) is 8.18. The summed E-state index contributed by atoms with van der Waals surface area (Å²) in [4.78, 5) is 12.2. The third-order valence-electron chi connectivity index (χ3n) is 5.00. The van der Waals surface area contributed by atoms with Crippen molar-refractivity contribution in [1.82, 2.24) is 14.5 Å². The summed E-state index contributed by atoms with van der Waals surface area (Å²) in [7, 11) is 0. The number of benzene rings is 1. The van der Waals surface area contributed by atoms with E-state index in [1.807, 2.05) is 24.0 Å². The Bertz CT molecular complexity index is 935. The minimum atomic E-state index is 0.0311. The highest BCUT2D eigenvalue weighted by Gasteiger charge is 2.44. The number of thioether (sulfide) groups is 1. The van der Waals surface area contributed by atoms with Gasteiger partial charge < -0.3 is 9.47 Å². The molecule has 0 N–H and O–H groups in total. The van der Waals surface area contributed by atoms with E-state index >= 15 is 0 Å². The zero-order valence-corrected chi connectivity index (χ0v) is 15.4. The van der Waals surface area contributed by atoms with Crippen LogP contribution in [-0.4, -0.2) is 31.4 Å². The minimum absolute atomic E-state index is 0.0311. The molecule has 0 spiro atoms. The Morgan fingerprint density at radius 1 is 1.00 bits per heavy atom. The van der Waals surface area contributed by atoms with Gasteiger partial charge in [0.1, 0.15) is 6.04 Å². The van der Waals surface area contributed by atoms with Crippen LogP contribution < -0.4 is 0 Å². The SMILES string of the molecule is C[C@@H]1CN2C(=N[C@H](c3ccccn3)[C@@H]2c2cccn2-c2ccccc2)S1. The summed E-state index contributed by atoms with van der Waals surface area (Å²) in [6.45, 7) is 3.30. The molecule has 1 aromatic carbocycles. The molecule has 0 bridgehead atoms. The van der Waals surface area contributed by atoms with Crippen molar-refractivity contribution in [3.63, 3.8) is 0 Å². The van der Waals surface area contributed by atoms with Crippen LogP contribution in [0.3, 0.4) is 0 Å². The van der Waals surface area contributed by atoms with Crippen molar-refractivity contribution in [2.75, 3.05) is 6.54 Å². The van der Waals surface area contributed by atoms with Gasteiger partial charge in [-0.15, -0.1) is 0 Å². The Morgan fingerprint density at radius 3 is 2.65 bits per heavy atom. The molecule has 2 aliphatic heterocycles. The molecule has 26 heavy (non-hydrogen) atoms. The van der Waals surface area contributed by atoms with Crippen LogP contribution in [0.25, 0.3) is 5.69 Å². The van der Waals surface area contributed by atoms with Gasteiger partial charge in [0, 0.05) is 35.6 Å². The molecular weight excluding hydrogens is 340 g/mol. The number of pyridine rings is 1. The Balaban J connectivity index is 1.62. The van der Waals surface area contributed by atoms with E-state index in [0.717, 1.165) is 17.4 Å². The normalized spacial score (nSPS) is 24.6. The Hall–Kier alpha value is -2.53. The zero-order valence-electron chi connectivity index (χ0n) is 14.6. The number of rotatable bonds is 3. The Morgan fingerprint density at radius 2 is 1.85 bits per heavy atom. The van der Waals surface area contributed by atoms with Crippen LogP contribution in [0.15, 0.2) is 78.0 Å². The summed E-state index contributed by atoms with van der Waals surface area (Å²) in [5, 5.41) is 1.72. The molecule has 5 rings (SSSR count). The molecule has 0 aliphatic carbocycles. The minimum Gasteiger partial charge on any atom is -0.339 e. The smallest absolute Gasteiger partial charge is 0.160 e. The molecule has 0 saturated carbocycles. The number of hydrogen-bond donors (Lipinski definition) is 0. The lowest BCUT2D eigenvalue weighted by Gasteiger charge is -2.28. The van der Waals surface area contributed by atoms with E-state index in [4.69, 9.17) is 4.99 Å². The number of para-hydroxylation sites is 1. The monoisotopic (exact) mass is 360 g/mol. The van der Waals surface area contributed by atoms with Gasteiger partial charge in [0.25, 0.3) is 0 Å². The third-order valence-corrected chi connectivity index (χ3v) is 6.10. The maximum atomic E-state index is 5.07.